The summed E-state index contributed by atoms with van der Waals surface area (Å²) in [7, 11) is 0. The van der Waals surface area contributed by atoms with Crippen LogP contribution < -0.4 is 5.73 Å². The van der Waals surface area contributed by atoms with E-state index >= 15 is 0 Å². The molecule has 2 N–H and O–H groups in total. The lowest BCUT2D eigenvalue weighted by Crippen LogP contribution is -2.32. The molecule has 0 amide bonds. The van der Waals surface area contributed by atoms with Crippen molar-refractivity contribution < 1.29 is 4.74 Å². The van der Waals surface area contributed by atoms with Crippen LogP contribution in [0.5, 0.6) is 0 Å². The first-order valence-electron chi connectivity index (χ1n) is 6.72. The van der Waals surface area contributed by atoms with Gasteiger partial charge in [0.2, 0.25) is 0 Å². The third kappa shape index (κ3) is 3.83. The van der Waals surface area contributed by atoms with Gasteiger partial charge >= 0.3 is 0 Å². The Morgan fingerprint density at radius 3 is 2.53 bits per heavy atom. The Balaban J connectivity index is 1.52. The molecule has 0 spiro atoms. The topological polar surface area (TPSA) is 35.2 Å². The Hall–Kier alpha value is -0.860. The molecule has 0 bridgehead atoms. The lowest BCUT2D eigenvalue weighted by Gasteiger charge is -2.35. The number of nitrogens with two attached hydrogens (primary N) is 1. The highest BCUT2D eigenvalue weighted by molar-refractivity contribution is 5.13. The van der Waals surface area contributed by atoms with E-state index in [0.717, 1.165) is 31.6 Å². The van der Waals surface area contributed by atoms with Crippen molar-refractivity contribution in [3.05, 3.63) is 35.9 Å². The van der Waals surface area contributed by atoms with Crippen LogP contribution in [0.3, 0.4) is 0 Å². The first kappa shape index (κ1) is 12.6. The number of benzene rings is 1. The smallest absolute Gasteiger partial charge is 0.0716 e. The molecular weight excluding hydrogens is 210 g/mol. The van der Waals surface area contributed by atoms with Crippen LogP contribution in [0.4, 0.5) is 0 Å². The Kier molecular flexibility index (Phi) is 5.02. The van der Waals surface area contributed by atoms with Gasteiger partial charge in [-0.15, -0.1) is 0 Å². The van der Waals surface area contributed by atoms with Gasteiger partial charge in [-0.25, -0.2) is 0 Å². The SMILES string of the molecule is NCC1CCC1CCCOCc1ccccc1. The van der Waals surface area contributed by atoms with Gasteiger partial charge in [0.15, 0.2) is 0 Å². The Bertz CT molecular complexity index is 310. The molecule has 2 rings (SSSR count). The summed E-state index contributed by atoms with van der Waals surface area (Å²) < 4.78 is 5.68. The number of rotatable bonds is 7. The highest BCUT2D eigenvalue weighted by atomic mass is 16.5. The largest absolute Gasteiger partial charge is 0.377 e. The fourth-order valence-corrected chi connectivity index (χ4v) is 2.54. The summed E-state index contributed by atoms with van der Waals surface area (Å²) in [6, 6.07) is 10.4. The van der Waals surface area contributed by atoms with Gasteiger partial charge < -0.3 is 10.5 Å². The minimum absolute atomic E-state index is 0.742. The molecular formula is C15H23NO. The van der Waals surface area contributed by atoms with E-state index in [1.807, 2.05) is 6.07 Å². The van der Waals surface area contributed by atoms with Crippen molar-refractivity contribution >= 4 is 0 Å². The maximum atomic E-state index is 5.70. The molecule has 0 heterocycles. The first-order valence-corrected chi connectivity index (χ1v) is 6.72. The summed E-state index contributed by atoms with van der Waals surface area (Å²) in [6.07, 6.45) is 5.18. The molecule has 2 nitrogen and oxygen atoms in total. The molecule has 17 heavy (non-hydrogen) atoms. The molecule has 0 saturated heterocycles. The van der Waals surface area contributed by atoms with Crippen molar-refractivity contribution in [3.63, 3.8) is 0 Å². The van der Waals surface area contributed by atoms with Crippen molar-refractivity contribution in [2.45, 2.75) is 32.3 Å². The average Bonchev–Trinajstić information content (AvgIpc) is 2.34. The summed E-state index contributed by atoms with van der Waals surface area (Å²) in [4.78, 5) is 0. The summed E-state index contributed by atoms with van der Waals surface area (Å²) in [5, 5.41) is 0. The molecule has 1 aliphatic rings. The van der Waals surface area contributed by atoms with E-state index in [4.69, 9.17) is 10.5 Å². The summed E-state index contributed by atoms with van der Waals surface area (Å²) in [5.41, 5.74) is 6.96. The van der Waals surface area contributed by atoms with Crippen molar-refractivity contribution in [1.29, 1.82) is 0 Å². The van der Waals surface area contributed by atoms with Gasteiger partial charge in [0.05, 0.1) is 6.61 Å². The van der Waals surface area contributed by atoms with Crippen LogP contribution in [0.15, 0.2) is 30.3 Å². The van der Waals surface area contributed by atoms with E-state index in [0.29, 0.717) is 0 Å². The molecule has 0 aromatic heterocycles. The zero-order chi connectivity index (χ0) is 11.9. The van der Waals surface area contributed by atoms with Gasteiger partial charge in [-0.3, -0.25) is 0 Å². The highest BCUT2D eigenvalue weighted by Crippen LogP contribution is 2.36. The van der Waals surface area contributed by atoms with Crippen LogP contribution in [0.1, 0.15) is 31.2 Å². The second-order valence-electron chi connectivity index (χ2n) is 5.01. The fraction of sp³-hybridized carbons (Fsp3) is 0.600. The third-order valence-corrected chi connectivity index (χ3v) is 3.85. The van der Waals surface area contributed by atoms with Crippen molar-refractivity contribution in [2.75, 3.05) is 13.2 Å². The summed E-state index contributed by atoms with van der Waals surface area (Å²) >= 11 is 0. The Morgan fingerprint density at radius 1 is 1.12 bits per heavy atom. The number of hydrogen-bond acceptors (Lipinski definition) is 2. The van der Waals surface area contributed by atoms with Crippen LogP contribution in [0.25, 0.3) is 0 Å². The minimum atomic E-state index is 0.742. The number of hydrogen-bond donors (Lipinski definition) is 1. The van der Waals surface area contributed by atoms with Crippen molar-refractivity contribution in [3.8, 4) is 0 Å². The Labute approximate surface area is 104 Å². The van der Waals surface area contributed by atoms with Crippen LogP contribution in [0.2, 0.25) is 0 Å². The predicted octanol–water partition coefficient (Wildman–Crippen LogP) is 2.97. The molecule has 1 aromatic carbocycles. The lowest BCUT2D eigenvalue weighted by atomic mass is 9.71. The molecule has 2 atom stereocenters. The van der Waals surface area contributed by atoms with E-state index < -0.39 is 0 Å². The van der Waals surface area contributed by atoms with Crippen LogP contribution in [0, 0.1) is 11.8 Å². The molecule has 1 saturated carbocycles. The van der Waals surface area contributed by atoms with Gasteiger partial charge in [-0.2, -0.15) is 0 Å². The third-order valence-electron chi connectivity index (χ3n) is 3.85. The molecule has 2 heteroatoms. The number of ether oxygens (including phenoxy) is 1. The molecule has 0 aliphatic heterocycles. The normalized spacial score (nSPS) is 23.4. The zero-order valence-corrected chi connectivity index (χ0v) is 10.5. The molecule has 2 unspecified atom stereocenters. The van der Waals surface area contributed by atoms with Crippen LogP contribution >= 0.6 is 0 Å². The molecule has 0 radical (unpaired) electrons. The van der Waals surface area contributed by atoms with Gasteiger partial charge in [0.1, 0.15) is 0 Å². The van der Waals surface area contributed by atoms with Crippen LogP contribution in [-0.2, 0) is 11.3 Å². The lowest BCUT2D eigenvalue weighted by molar-refractivity contribution is 0.0975. The second kappa shape index (κ2) is 6.77. The van der Waals surface area contributed by atoms with Crippen LogP contribution in [-0.4, -0.2) is 13.2 Å². The first-order chi connectivity index (χ1) is 8.40. The standard InChI is InChI=1S/C15H23NO/c16-11-15-9-8-14(15)7-4-10-17-12-13-5-2-1-3-6-13/h1-3,5-6,14-15H,4,7-12,16H2. The zero-order valence-electron chi connectivity index (χ0n) is 10.5. The maximum absolute atomic E-state index is 5.70. The van der Waals surface area contributed by atoms with E-state index in [9.17, 15) is 0 Å². The monoisotopic (exact) mass is 233 g/mol. The molecule has 1 aliphatic carbocycles. The van der Waals surface area contributed by atoms with Gasteiger partial charge in [0, 0.05) is 6.61 Å². The van der Waals surface area contributed by atoms with E-state index in [1.165, 1.54) is 31.2 Å². The van der Waals surface area contributed by atoms with E-state index in [2.05, 4.69) is 24.3 Å². The summed E-state index contributed by atoms with van der Waals surface area (Å²) in [5.74, 6) is 1.67. The predicted molar refractivity (Wildman–Crippen MR) is 70.6 cm³/mol. The average molecular weight is 233 g/mol. The minimum Gasteiger partial charge on any atom is -0.377 e. The van der Waals surface area contributed by atoms with Gasteiger partial charge in [-0.05, 0) is 49.6 Å². The Morgan fingerprint density at radius 2 is 1.88 bits per heavy atom. The highest BCUT2D eigenvalue weighted by Gasteiger charge is 2.28. The fourth-order valence-electron chi connectivity index (χ4n) is 2.54. The second-order valence-corrected chi connectivity index (χ2v) is 5.01. The van der Waals surface area contributed by atoms with E-state index in [-0.39, 0.29) is 0 Å². The maximum Gasteiger partial charge on any atom is 0.0716 e. The van der Waals surface area contributed by atoms with Gasteiger partial charge in [-0.1, -0.05) is 30.3 Å². The summed E-state index contributed by atoms with van der Waals surface area (Å²) in [6.45, 7) is 2.49. The quantitative estimate of drug-likeness (QED) is 0.735. The molecule has 1 aromatic rings. The molecule has 94 valence electrons. The molecule has 1 fully saturated rings. The van der Waals surface area contributed by atoms with Crippen molar-refractivity contribution in [1.82, 2.24) is 0 Å². The van der Waals surface area contributed by atoms with Crippen molar-refractivity contribution in [2.24, 2.45) is 17.6 Å². The van der Waals surface area contributed by atoms with Gasteiger partial charge in [0.25, 0.3) is 0 Å². The van der Waals surface area contributed by atoms with E-state index in [1.54, 1.807) is 0 Å².